The zero-order chi connectivity index (χ0) is 11.8. The lowest BCUT2D eigenvalue weighted by Gasteiger charge is -2.15. The first-order valence-electron chi connectivity index (χ1n) is 4.84. The van der Waals surface area contributed by atoms with Crippen molar-refractivity contribution in [2.75, 3.05) is 13.1 Å². The molecule has 16 heavy (non-hydrogen) atoms. The maximum Gasteiger partial charge on any atom is 0.267 e. The molecule has 1 aromatic heterocycles. The van der Waals surface area contributed by atoms with Gasteiger partial charge >= 0.3 is 0 Å². The third-order valence-electron chi connectivity index (χ3n) is 2.49. The van der Waals surface area contributed by atoms with Crippen LogP contribution >= 0.6 is 0 Å². The highest BCUT2D eigenvalue weighted by atomic mass is 19.3. The monoisotopic (exact) mass is 228 g/mol. The number of halogens is 2. The summed E-state index contributed by atoms with van der Waals surface area (Å²) in [4.78, 5) is 25.9. The summed E-state index contributed by atoms with van der Waals surface area (Å²) in [7, 11) is 0. The van der Waals surface area contributed by atoms with Gasteiger partial charge in [0.25, 0.3) is 11.8 Å². The Bertz CT molecular complexity index is 450. The van der Waals surface area contributed by atoms with E-state index in [1.54, 1.807) is 0 Å². The summed E-state index contributed by atoms with van der Waals surface area (Å²) in [5, 5.41) is 0. The Kier molecular flexibility index (Phi) is 2.49. The van der Waals surface area contributed by atoms with E-state index < -0.39 is 18.4 Å². The molecule has 86 valence electrons. The van der Waals surface area contributed by atoms with Gasteiger partial charge in [-0.25, -0.2) is 8.78 Å². The standard InChI is InChI=1S/C10H10F2N2O2/c11-10(12)3-4-14(6-10)9(16)7-1-2-8(15)13-5-7/h1-2,5H,3-4,6H2,(H,13,15). The van der Waals surface area contributed by atoms with Gasteiger partial charge in [0, 0.05) is 25.2 Å². The van der Waals surface area contributed by atoms with E-state index in [1.165, 1.54) is 18.3 Å². The smallest absolute Gasteiger partial charge is 0.267 e. The molecule has 4 nitrogen and oxygen atoms in total. The lowest BCUT2D eigenvalue weighted by atomic mass is 10.2. The molecule has 1 aliphatic rings. The minimum absolute atomic E-state index is 0.0466. The molecule has 0 bridgehead atoms. The Morgan fingerprint density at radius 1 is 1.44 bits per heavy atom. The molecular formula is C10H10F2N2O2. The number of nitrogens with one attached hydrogen (secondary N) is 1. The van der Waals surface area contributed by atoms with Crippen LogP contribution in [-0.2, 0) is 0 Å². The number of aromatic amines is 1. The maximum absolute atomic E-state index is 12.9. The number of H-pyrrole nitrogens is 1. The van der Waals surface area contributed by atoms with Crippen molar-refractivity contribution in [3.63, 3.8) is 0 Å². The van der Waals surface area contributed by atoms with Crippen LogP contribution in [0.3, 0.4) is 0 Å². The summed E-state index contributed by atoms with van der Waals surface area (Å²) in [6.45, 7) is -0.504. The minimum Gasteiger partial charge on any atom is -0.332 e. The van der Waals surface area contributed by atoms with E-state index in [0.717, 1.165) is 4.90 Å². The van der Waals surface area contributed by atoms with Crippen molar-refractivity contribution in [2.45, 2.75) is 12.3 Å². The predicted octanol–water partition coefficient (Wildman–Crippen LogP) is 0.856. The largest absolute Gasteiger partial charge is 0.332 e. The molecule has 2 heterocycles. The van der Waals surface area contributed by atoms with E-state index in [-0.39, 0.29) is 24.1 Å². The molecular weight excluding hydrogens is 218 g/mol. The van der Waals surface area contributed by atoms with E-state index in [1.807, 2.05) is 0 Å². The molecule has 2 rings (SSSR count). The number of carbonyl (C=O) groups is 1. The SMILES string of the molecule is O=C(c1ccc(=O)[nH]c1)N1CCC(F)(F)C1. The lowest BCUT2D eigenvalue weighted by molar-refractivity contribution is 0.0120. The summed E-state index contributed by atoms with van der Waals surface area (Å²) in [5.74, 6) is -3.27. The second-order valence-electron chi connectivity index (χ2n) is 3.77. The highest BCUT2D eigenvalue weighted by Crippen LogP contribution is 2.27. The average Bonchev–Trinajstić information content (AvgIpc) is 2.59. The van der Waals surface area contributed by atoms with Gasteiger partial charge in [-0.05, 0) is 6.07 Å². The number of hydrogen-bond acceptors (Lipinski definition) is 2. The van der Waals surface area contributed by atoms with Gasteiger partial charge in [0.2, 0.25) is 5.56 Å². The Morgan fingerprint density at radius 3 is 2.69 bits per heavy atom. The van der Waals surface area contributed by atoms with Crippen LogP contribution in [0, 0.1) is 0 Å². The molecule has 0 aliphatic carbocycles. The first-order chi connectivity index (χ1) is 7.48. The van der Waals surface area contributed by atoms with Crippen LogP contribution in [0.2, 0.25) is 0 Å². The molecule has 0 aromatic carbocycles. The quantitative estimate of drug-likeness (QED) is 0.774. The van der Waals surface area contributed by atoms with Crippen LogP contribution in [0.25, 0.3) is 0 Å². The van der Waals surface area contributed by atoms with Gasteiger partial charge in [-0.1, -0.05) is 0 Å². The number of hydrogen-bond donors (Lipinski definition) is 1. The van der Waals surface area contributed by atoms with Gasteiger partial charge in [-0.3, -0.25) is 9.59 Å². The number of nitrogens with zero attached hydrogens (tertiary/aromatic N) is 1. The first kappa shape index (κ1) is 10.8. The summed E-state index contributed by atoms with van der Waals surface area (Å²) in [6, 6.07) is 2.53. The molecule has 1 amide bonds. The van der Waals surface area contributed by atoms with Gasteiger partial charge in [0.05, 0.1) is 12.1 Å². The number of aromatic nitrogens is 1. The number of likely N-dealkylation sites (tertiary alicyclic amines) is 1. The zero-order valence-corrected chi connectivity index (χ0v) is 8.37. The molecule has 0 radical (unpaired) electrons. The Morgan fingerprint density at radius 2 is 2.19 bits per heavy atom. The van der Waals surface area contributed by atoms with Crippen molar-refractivity contribution in [1.29, 1.82) is 0 Å². The van der Waals surface area contributed by atoms with Crippen LogP contribution in [0.5, 0.6) is 0 Å². The molecule has 0 atom stereocenters. The molecule has 1 aromatic rings. The van der Waals surface area contributed by atoms with Crippen LogP contribution in [0.1, 0.15) is 16.8 Å². The minimum atomic E-state index is -2.79. The average molecular weight is 228 g/mol. The van der Waals surface area contributed by atoms with Gasteiger partial charge < -0.3 is 9.88 Å². The highest BCUT2D eigenvalue weighted by molar-refractivity contribution is 5.94. The van der Waals surface area contributed by atoms with Crippen molar-refractivity contribution >= 4 is 5.91 Å². The number of amides is 1. The van der Waals surface area contributed by atoms with E-state index in [2.05, 4.69) is 4.98 Å². The van der Waals surface area contributed by atoms with Crippen LogP contribution in [-0.4, -0.2) is 34.8 Å². The van der Waals surface area contributed by atoms with Crippen molar-refractivity contribution in [2.24, 2.45) is 0 Å². The molecule has 1 N–H and O–H groups in total. The van der Waals surface area contributed by atoms with E-state index >= 15 is 0 Å². The molecule has 6 heteroatoms. The number of carbonyl (C=O) groups excluding carboxylic acids is 1. The lowest BCUT2D eigenvalue weighted by Crippen LogP contribution is -2.31. The fraction of sp³-hybridized carbons (Fsp3) is 0.400. The van der Waals surface area contributed by atoms with Gasteiger partial charge in [0.15, 0.2) is 0 Å². The van der Waals surface area contributed by atoms with Gasteiger partial charge in [-0.2, -0.15) is 0 Å². The Labute approximate surface area is 89.9 Å². The predicted molar refractivity (Wildman–Crippen MR) is 52.5 cm³/mol. The summed E-state index contributed by atoms with van der Waals surface area (Å²) >= 11 is 0. The topological polar surface area (TPSA) is 53.2 Å². The van der Waals surface area contributed by atoms with Crippen LogP contribution in [0.15, 0.2) is 23.1 Å². The van der Waals surface area contributed by atoms with Crippen molar-refractivity contribution in [1.82, 2.24) is 9.88 Å². The molecule has 0 unspecified atom stereocenters. The van der Waals surface area contributed by atoms with E-state index in [4.69, 9.17) is 0 Å². The first-order valence-corrected chi connectivity index (χ1v) is 4.84. The normalized spacial score (nSPS) is 18.8. The molecule has 1 aliphatic heterocycles. The number of alkyl halides is 2. The fourth-order valence-electron chi connectivity index (χ4n) is 1.64. The van der Waals surface area contributed by atoms with E-state index in [9.17, 15) is 18.4 Å². The molecule has 0 saturated carbocycles. The molecule has 1 fully saturated rings. The maximum atomic E-state index is 12.9. The summed E-state index contributed by atoms with van der Waals surface area (Å²) in [5.41, 5.74) is -0.111. The van der Waals surface area contributed by atoms with E-state index in [0.29, 0.717) is 0 Å². The second kappa shape index (κ2) is 3.70. The number of rotatable bonds is 1. The molecule has 0 spiro atoms. The Hall–Kier alpha value is -1.72. The summed E-state index contributed by atoms with van der Waals surface area (Å²) in [6.07, 6.45) is 0.934. The second-order valence-corrected chi connectivity index (χ2v) is 3.77. The fourth-order valence-corrected chi connectivity index (χ4v) is 1.64. The van der Waals surface area contributed by atoms with Gasteiger partial charge in [0.1, 0.15) is 0 Å². The van der Waals surface area contributed by atoms with Crippen LogP contribution < -0.4 is 5.56 Å². The molecule has 1 saturated heterocycles. The van der Waals surface area contributed by atoms with Crippen molar-refractivity contribution in [3.05, 3.63) is 34.2 Å². The summed E-state index contributed by atoms with van der Waals surface area (Å²) < 4.78 is 25.8. The van der Waals surface area contributed by atoms with Gasteiger partial charge in [-0.15, -0.1) is 0 Å². The van der Waals surface area contributed by atoms with Crippen molar-refractivity contribution in [3.8, 4) is 0 Å². The zero-order valence-electron chi connectivity index (χ0n) is 8.37. The Balaban J connectivity index is 2.15. The third-order valence-corrected chi connectivity index (χ3v) is 2.49. The highest BCUT2D eigenvalue weighted by Gasteiger charge is 2.40. The van der Waals surface area contributed by atoms with Crippen LogP contribution in [0.4, 0.5) is 8.78 Å². The van der Waals surface area contributed by atoms with Crippen molar-refractivity contribution < 1.29 is 13.6 Å². The third kappa shape index (κ3) is 2.10. The number of pyridine rings is 1.